The molecule has 12 heavy (non-hydrogen) atoms. The van der Waals surface area contributed by atoms with Gasteiger partial charge in [-0.3, -0.25) is 0 Å². The molecule has 0 nitrogen and oxygen atoms in total. The van der Waals surface area contributed by atoms with Crippen molar-refractivity contribution in [1.29, 1.82) is 0 Å². The van der Waals surface area contributed by atoms with Gasteiger partial charge in [0.2, 0.25) is 0 Å². The van der Waals surface area contributed by atoms with Gasteiger partial charge in [0, 0.05) is 0 Å². The Morgan fingerprint density at radius 2 is 1.58 bits per heavy atom. The number of hydrogen-bond donors (Lipinski definition) is 0. The van der Waals surface area contributed by atoms with E-state index in [0.29, 0.717) is 12.8 Å². The van der Waals surface area contributed by atoms with E-state index in [1.165, 1.54) is 0 Å². The van der Waals surface area contributed by atoms with Crippen LogP contribution in [0, 0.1) is 11.8 Å². The van der Waals surface area contributed by atoms with Crippen LogP contribution in [0.1, 0.15) is 40.0 Å². The van der Waals surface area contributed by atoms with Crippen LogP contribution in [0.3, 0.4) is 0 Å². The van der Waals surface area contributed by atoms with Crippen LogP contribution in [-0.4, -0.2) is 6.18 Å². The molecule has 0 spiro atoms. The summed E-state index contributed by atoms with van der Waals surface area (Å²) in [5.74, 6) is 0. The average Bonchev–Trinajstić information content (AvgIpc) is 1.76. The molecule has 1 radical (unpaired) electrons. The van der Waals surface area contributed by atoms with Crippen molar-refractivity contribution in [3.8, 4) is 0 Å². The maximum absolute atomic E-state index is 11.6. The van der Waals surface area contributed by atoms with Gasteiger partial charge in [-0.2, -0.15) is 13.2 Å². The second-order valence-electron chi connectivity index (χ2n) is 4.20. The van der Waals surface area contributed by atoms with E-state index in [4.69, 9.17) is 0 Å². The summed E-state index contributed by atoms with van der Waals surface area (Å²) in [6.45, 7) is 6.09. The largest absolute Gasteiger partial charge is 0.392 e. The maximum atomic E-state index is 11.6. The molecule has 0 amide bonds. The van der Waals surface area contributed by atoms with Crippen LogP contribution in [0.15, 0.2) is 0 Å². The van der Waals surface area contributed by atoms with Crippen molar-refractivity contribution in [3.05, 3.63) is 6.42 Å². The lowest BCUT2D eigenvalue weighted by molar-refractivity contribution is -0.0985. The van der Waals surface area contributed by atoms with Crippen molar-refractivity contribution < 1.29 is 13.2 Å². The summed E-state index contributed by atoms with van der Waals surface area (Å²) in [5, 5.41) is 0. The standard InChI is InChI=1S/C9H16F3/c1-8(2,3)6-4-5-7-9(10,11)12/h7H,4-6H2,1-3H3. The predicted molar refractivity (Wildman–Crippen MR) is 43.7 cm³/mol. The highest BCUT2D eigenvalue weighted by Gasteiger charge is 2.26. The quantitative estimate of drug-likeness (QED) is 0.578. The van der Waals surface area contributed by atoms with Gasteiger partial charge in [0.15, 0.2) is 0 Å². The zero-order chi connectivity index (χ0) is 9.83. The molecule has 0 aromatic heterocycles. The fourth-order valence-corrected chi connectivity index (χ4v) is 0.898. The number of rotatable bonds is 3. The molecule has 3 heteroatoms. The first-order valence-electron chi connectivity index (χ1n) is 4.12. The second-order valence-corrected chi connectivity index (χ2v) is 4.20. The van der Waals surface area contributed by atoms with Crippen molar-refractivity contribution >= 4 is 0 Å². The molecule has 0 aliphatic rings. The van der Waals surface area contributed by atoms with Gasteiger partial charge in [-0.1, -0.05) is 27.2 Å². The molecule has 0 aromatic carbocycles. The molecule has 0 unspecified atom stereocenters. The molecule has 0 atom stereocenters. The molecular weight excluding hydrogens is 165 g/mol. The van der Waals surface area contributed by atoms with E-state index in [2.05, 4.69) is 0 Å². The monoisotopic (exact) mass is 181 g/mol. The van der Waals surface area contributed by atoms with E-state index >= 15 is 0 Å². The number of hydrogen-bond acceptors (Lipinski definition) is 0. The van der Waals surface area contributed by atoms with Crippen LogP contribution in [-0.2, 0) is 0 Å². The fraction of sp³-hybridized carbons (Fsp3) is 0.889. The lowest BCUT2D eigenvalue weighted by atomic mass is 9.89. The fourth-order valence-electron chi connectivity index (χ4n) is 0.898. The molecule has 0 fully saturated rings. The van der Waals surface area contributed by atoms with Crippen molar-refractivity contribution in [2.24, 2.45) is 5.41 Å². The summed E-state index contributed by atoms with van der Waals surface area (Å²) >= 11 is 0. The van der Waals surface area contributed by atoms with E-state index in [1.807, 2.05) is 20.8 Å². The Morgan fingerprint density at radius 3 is 1.92 bits per heavy atom. The smallest absolute Gasteiger partial charge is 0.171 e. The third-order valence-electron chi connectivity index (χ3n) is 1.51. The summed E-state index contributed by atoms with van der Waals surface area (Å²) in [6, 6.07) is 0. The van der Waals surface area contributed by atoms with Gasteiger partial charge in [-0.25, -0.2) is 0 Å². The lowest BCUT2D eigenvalue weighted by Crippen LogP contribution is -2.09. The van der Waals surface area contributed by atoms with Gasteiger partial charge in [0.25, 0.3) is 0 Å². The summed E-state index contributed by atoms with van der Waals surface area (Å²) in [7, 11) is 0. The SMILES string of the molecule is CC(C)(C)CCC[CH]C(F)(F)F. The van der Waals surface area contributed by atoms with Gasteiger partial charge >= 0.3 is 6.18 Å². The highest BCUT2D eigenvalue weighted by atomic mass is 19.4. The van der Waals surface area contributed by atoms with E-state index in [-0.39, 0.29) is 11.8 Å². The summed E-state index contributed by atoms with van der Waals surface area (Å²) in [4.78, 5) is 0. The maximum Gasteiger partial charge on any atom is 0.392 e. The minimum Gasteiger partial charge on any atom is -0.171 e. The van der Waals surface area contributed by atoms with E-state index in [0.717, 1.165) is 6.42 Å². The van der Waals surface area contributed by atoms with Crippen molar-refractivity contribution in [3.63, 3.8) is 0 Å². The minimum absolute atomic E-state index is 0.138. The van der Waals surface area contributed by atoms with Gasteiger partial charge in [0.05, 0.1) is 6.42 Å². The third-order valence-corrected chi connectivity index (χ3v) is 1.51. The topological polar surface area (TPSA) is 0 Å². The van der Waals surface area contributed by atoms with Crippen LogP contribution in [0.25, 0.3) is 0 Å². The molecule has 0 saturated carbocycles. The molecule has 0 N–H and O–H groups in total. The van der Waals surface area contributed by atoms with Crippen LogP contribution in [0.5, 0.6) is 0 Å². The van der Waals surface area contributed by atoms with Crippen LogP contribution in [0.4, 0.5) is 13.2 Å². The Bertz CT molecular complexity index is 103. The Balaban J connectivity index is 3.35. The van der Waals surface area contributed by atoms with Crippen LogP contribution >= 0.6 is 0 Å². The summed E-state index contributed by atoms with van der Waals surface area (Å²) in [5.41, 5.74) is 0.138. The Labute approximate surface area is 72.2 Å². The molecule has 0 heterocycles. The first-order chi connectivity index (χ1) is 5.21. The molecule has 0 saturated heterocycles. The number of unbranched alkanes of at least 4 members (excludes halogenated alkanes) is 1. The number of halogens is 3. The van der Waals surface area contributed by atoms with Gasteiger partial charge in [-0.15, -0.1) is 0 Å². The zero-order valence-electron chi connectivity index (χ0n) is 7.83. The third kappa shape index (κ3) is 9.79. The molecule has 73 valence electrons. The highest BCUT2D eigenvalue weighted by Crippen LogP contribution is 2.26. The normalized spacial score (nSPS) is 13.5. The van der Waals surface area contributed by atoms with E-state index in [1.54, 1.807) is 0 Å². The highest BCUT2D eigenvalue weighted by molar-refractivity contribution is 4.75. The molecular formula is C9H16F3. The molecule has 0 rings (SSSR count). The first kappa shape index (κ1) is 11.8. The number of alkyl halides is 3. The second kappa shape index (κ2) is 4.15. The zero-order valence-corrected chi connectivity index (χ0v) is 7.83. The van der Waals surface area contributed by atoms with Gasteiger partial charge in [-0.05, 0) is 18.3 Å². The average molecular weight is 181 g/mol. The summed E-state index contributed by atoms with van der Waals surface area (Å²) < 4.78 is 34.9. The molecule has 0 bridgehead atoms. The summed E-state index contributed by atoms with van der Waals surface area (Å²) in [6.07, 6.45) is -2.08. The minimum atomic E-state index is -4.10. The van der Waals surface area contributed by atoms with Gasteiger partial charge < -0.3 is 0 Å². The molecule has 0 aromatic rings. The van der Waals surface area contributed by atoms with E-state index in [9.17, 15) is 13.2 Å². The molecule has 0 aliphatic heterocycles. The van der Waals surface area contributed by atoms with Gasteiger partial charge in [0.1, 0.15) is 0 Å². The van der Waals surface area contributed by atoms with E-state index < -0.39 is 6.18 Å². The first-order valence-corrected chi connectivity index (χ1v) is 4.12. The van der Waals surface area contributed by atoms with Crippen LogP contribution in [0.2, 0.25) is 0 Å². The van der Waals surface area contributed by atoms with Crippen molar-refractivity contribution in [2.75, 3.05) is 0 Å². The lowest BCUT2D eigenvalue weighted by Gasteiger charge is -2.17. The van der Waals surface area contributed by atoms with Crippen molar-refractivity contribution in [1.82, 2.24) is 0 Å². The van der Waals surface area contributed by atoms with Crippen LogP contribution < -0.4 is 0 Å². The Morgan fingerprint density at radius 1 is 1.08 bits per heavy atom. The predicted octanol–water partition coefficient (Wildman–Crippen LogP) is 3.97. The Hall–Kier alpha value is -0.210. The molecule has 0 aliphatic carbocycles. The van der Waals surface area contributed by atoms with Crippen molar-refractivity contribution in [2.45, 2.75) is 46.2 Å². The Kier molecular flexibility index (Phi) is 4.08.